The van der Waals surface area contributed by atoms with Gasteiger partial charge in [-0.25, -0.2) is 0 Å². The molecule has 3 nitrogen and oxygen atoms in total. The van der Waals surface area contributed by atoms with Gasteiger partial charge in [0, 0.05) is 24.8 Å². The molecule has 1 heterocycles. The molecule has 1 saturated heterocycles. The van der Waals surface area contributed by atoms with Crippen molar-refractivity contribution >= 4 is 18.5 Å². The van der Waals surface area contributed by atoms with E-state index in [1.54, 1.807) is 0 Å². The number of amides is 1. The highest BCUT2D eigenvalue weighted by molar-refractivity contribution is 7.81. The summed E-state index contributed by atoms with van der Waals surface area (Å²) in [5.41, 5.74) is 1.06. The van der Waals surface area contributed by atoms with Crippen LogP contribution in [0.1, 0.15) is 24.0 Å². The van der Waals surface area contributed by atoms with E-state index in [1.165, 1.54) is 0 Å². The van der Waals surface area contributed by atoms with Gasteiger partial charge in [0.05, 0.1) is 6.07 Å². The van der Waals surface area contributed by atoms with Gasteiger partial charge in [-0.05, 0) is 17.5 Å². The van der Waals surface area contributed by atoms with Crippen LogP contribution in [0, 0.1) is 11.3 Å². The number of likely N-dealkylation sites (tertiary alicyclic amines) is 1. The number of hydrogen-bond acceptors (Lipinski definition) is 3. The minimum atomic E-state index is -0.802. The van der Waals surface area contributed by atoms with Gasteiger partial charge in [0.1, 0.15) is 5.41 Å². The molecule has 1 aliphatic rings. The molecule has 0 aromatic heterocycles. The molecule has 0 radical (unpaired) electrons. The molecule has 0 spiro atoms. The van der Waals surface area contributed by atoms with E-state index in [4.69, 9.17) is 0 Å². The third kappa shape index (κ3) is 3.18. The largest absolute Gasteiger partial charge is 0.340 e. The topological polar surface area (TPSA) is 44.1 Å². The molecule has 122 valence electrons. The maximum absolute atomic E-state index is 12.4. The quantitative estimate of drug-likeness (QED) is 0.850. The summed E-state index contributed by atoms with van der Waals surface area (Å²) >= 11 is 4.35. The van der Waals surface area contributed by atoms with E-state index < -0.39 is 5.41 Å². The Labute approximate surface area is 148 Å². The molecule has 0 aliphatic carbocycles. The van der Waals surface area contributed by atoms with Crippen molar-refractivity contribution < 1.29 is 4.79 Å². The first-order valence-corrected chi connectivity index (χ1v) is 8.65. The third-order valence-corrected chi connectivity index (χ3v) is 4.98. The van der Waals surface area contributed by atoms with Crippen LogP contribution >= 0.6 is 12.6 Å². The maximum atomic E-state index is 12.4. The van der Waals surface area contributed by atoms with Gasteiger partial charge in [0.2, 0.25) is 5.91 Å². The molecule has 2 aromatic rings. The van der Waals surface area contributed by atoms with E-state index in [1.807, 2.05) is 65.6 Å². The van der Waals surface area contributed by atoms with Gasteiger partial charge in [0.25, 0.3) is 0 Å². The first-order chi connectivity index (χ1) is 11.7. The Balaban J connectivity index is 1.88. The first kappa shape index (κ1) is 16.6. The second-order valence-electron chi connectivity index (χ2n) is 6.20. The molecule has 0 atom stereocenters. The van der Waals surface area contributed by atoms with Crippen molar-refractivity contribution in [1.82, 2.24) is 4.90 Å². The number of thiol groups is 1. The molecule has 1 aliphatic heterocycles. The van der Waals surface area contributed by atoms with Gasteiger partial charge in [-0.2, -0.15) is 17.9 Å². The van der Waals surface area contributed by atoms with Crippen molar-refractivity contribution in [2.75, 3.05) is 13.1 Å². The normalized spacial score (nSPS) is 14.8. The van der Waals surface area contributed by atoms with Crippen LogP contribution < -0.4 is 0 Å². The fourth-order valence-electron chi connectivity index (χ4n) is 3.20. The van der Waals surface area contributed by atoms with Gasteiger partial charge in [-0.3, -0.25) is 4.79 Å². The van der Waals surface area contributed by atoms with Crippen LogP contribution in [0.25, 0.3) is 0 Å². The highest BCUT2D eigenvalue weighted by atomic mass is 32.1. The Morgan fingerprint density at radius 3 is 2.00 bits per heavy atom. The molecule has 0 bridgehead atoms. The molecule has 4 heteroatoms. The number of hydrogen-bond donors (Lipinski definition) is 1. The van der Waals surface area contributed by atoms with E-state index in [0.717, 1.165) is 11.1 Å². The molecule has 3 rings (SSSR count). The van der Waals surface area contributed by atoms with Crippen LogP contribution in [0.2, 0.25) is 0 Å². The molecule has 0 saturated carbocycles. The predicted molar refractivity (Wildman–Crippen MR) is 97.9 cm³/mol. The molecular weight excluding hydrogens is 316 g/mol. The van der Waals surface area contributed by atoms with Crippen LogP contribution in [-0.4, -0.2) is 29.1 Å². The lowest BCUT2D eigenvalue weighted by molar-refractivity contribution is -0.134. The fraction of sp³-hybridized carbons (Fsp3) is 0.300. The lowest BCUT2D eigenvalue weighted by Gasteiger charge is -2.37. The summed E-state index contributed by atoms with van der Waals surface area (Å²) in [7, 11) is 0. The van der Waals surface area contributed by atoms with E-state index in [0.29, 0.717) is 25.9 Å². The Morgan fingerprint density at radius 2 is 1.58 bits per heavy atom. The smallest absolute Gasteiger partial charge is 0.222 e. The summed E-state index contributed by atoms with van der Waals surface area (Å²) < 4.78 is 0. The number of nitrogens with zero attached hydrogens (tertiary/aromatic N) is 2. The van der Waals surface area contributed by atoms with Crippen LogP contribution in [-0.2, 0) is 10.2 Å². The van der Waals surface area contributed by atoms with Gasteiger partial charge in [-0.1, -0.05) is 60.7 Å². The SMILES string of the molecule is N#CC(CCC(=O)N1CC(S)C1)(c1ccccc1)c1ccccc1. The van der Waals surface area contributed by atoms with E-state index in [2.05, 4.69) is 18.7 Å². The second-order valence-corrected chi connectivity index (χ2v) is 6.93. The van der Waals surface area contributed by atoms with Crippen molar-refractivity contribution in [3.8, 4) is 6.07 Å². The van der Waals surface area contributed by atoms with Crippen LogP contribution in [0.5, 0.6) is 0 Å². The molecule has 2 aromatic carbocycles. The average Bonchev–Trinajstić information content (AvgIpc) is 2.61. The summed E-state index contributed by atoms with van der Waals surface area (Å²) in [4.78, 5) is 14.2. The predicted octanol–water partition coefficient (Wildman–Crippen LogP) is 3.42. The minimum absolute atomic E-state index is 0.104. The van der Waals surface area contributed by atoms with Crippen molar-refractivity contribution in [2.24, 2.45) is 0 Å². The number of carbonyl (C=O) groups excluding carboxylic acids is 1. The van der Waals surface area contributed by atoms with E-state index >= 15 is 0 Å². The zero-order chi connectivity index (χ0) is 17.0. The molecule has 24 heavy (non-hydrogen) atoms. The van der Waals surface area contributed by atoms with Crippen molar-refractivity contribution in [1.29, 1.82) is 5.26 Å². The lowest BCUT2D eigenvalue weighted by Crippen LogP contribution is -2.51. The van der Waals surface area contributed by atoms with E-state index in [-0.39, 0.29) is 11.2 Å². The number of benzene rings is 2. The van der Waals surface area contributed by atoms with Gasteiger partial charge in [-0.15, -0.1) is 0 Å². The summed E-state index contributed by atoms with van der Waals surface area (Å²) in [5, 5.41) is 10.4. The molecular formula is C20H20N2OS. The van der Waals surface area contributed by atoms with Crippen molar-refractivity contribution in [3.05, 3.63) is 71.8 Å². The minimum Gasteiger partial charge on any atom is -0.340 e. The van der Waals surface area contributed by atoms with Crippen LogP contribution in [0.4, 0.5) is 0 Å². The number of nitriles is 1. The van der Waals surface area contributed by atoms with Crippen molar-refractivity contribution in [3.63, 3.8) is 0 Å². The summed E-state index contributed by atoms with van der Waals surface area (Å²) in [6.45, 7) is 1.41. The number of carbonyl (C=O) groups is 1. The molecule has 1 amide bonds. The first-order valence-electron chi connectivity index (χ1n) is 8.14. The average molecular weight is 336 g/mol. The fourth-order valence-corrected chi connectivity index (χ4v) is 3.59. The Morgan fingerprint density at radius 1 is 1.08 bits per heavy atom. The van der Waals surface area contributed by atoms with Crippen LogP contribution in [0.3, 0.4) is 0 Å². The Kier molecular flexibility index (Phi) is 4.92. The lowest BCUT2D eigenvalue weighted by atomic mass is 9.72. The molecule has 1 fully saturated rings. The van der Waals surface area contributed by atoms with Gasteiger partial charge < -0.3 is 4.90 Å². The second kappa shape index (κ2) is 7.11. The number of rotatable bonds is 5. The highest BCUT2D eigenvalue weighted by Crippen LogP contribution is 2.36. The van der Waals surface area contributed by atoms with E-state index in [9.17, 15) is 10.1 Å². The molecule has 0 N–H and O–H groups in total. The maximum Gasteiger partial charge on any atom is 0.222 e. The Bertz CT molecular complexity index is 694. The zero-order valence-corrected chi connectivity index (χ0v) is 14.3. The highest BCUT2D eigenvalue weighted by Gasteiger charge is 2.36. The van der Waals surface area contributed by atoms with Crippen molar-refractivity contribution in [2.45, 2.75) is 23.5 Å². The van der Waals surface area contributed by atoms with Crippen LogP contribution in [0.15, 0.2) is 60.7 Å². The Hall–Kier alpha value is -2.25. The standard InChI is InChI=1S/C20H20N2OS/c21-15-20(16-7-3-1-4-8-16,17-9-5-2-6-10-17)12-11-19(23)22-13-18(24)14-22/h1-10,18,24H,11-14H2. The summed E-state index contributed by atoms with van der Waals surface area (Å²) in [6, 6.07) is 22.0. The van der Waals surface area contributed by atoms with Gasteiger partial charge in [0.15, 0.2) is 0 Å². The monoisotopic (exact) mass is 336 g/mol. The molecule has 0 unspecified atom stereocenters. The van der Waals surface area contributed by atoms with Gasteiger partial charge >= 0.3 is 0 Å². The summed E-state index contributed by atoms with van der Waals surface area (Å²) in [6.07, 6.45) is 0.835. The summed E-state index contributed by atoms with van der Waals surface area (Å²) in [5.74, 6) is 0.104. The third-order valence-electron chi connectivity index (χ3n) is 4.65. The zero-order valence-electron chi connectivity index (χ0n) is 13.4.